The Hall–Kier alpha value is -2.82. The van der Waals surface area contributed by atoms with Gasteiger partial charge in [0.1, 0.15) is 11.5 Å². The molecule has 1 aromatic carbocycles. The van der Waals surface area contributed by atoms with Crippen LogP contribution in [0.3, 0.4) is 0 Å². The largest absolute Gasteiger partial charge is 0.478 e. The van der Waals surface area contributed by atoms with Crippen LogP contribution in [-0.2, 0) is 11.2 Å². The van der Waals surface area contributed by atoms with E-state index in [1.807, 2.05) is 13.0 Å². The van der Waals surface area contributed by atoms with E-state index in [0.717, 1.165) is 12.2 Å². The molecule has 1 amide bonds. The summed E-state index contributed by atoms with van der Waals surface area (Å²) in [7, 11) is 0. The van der Waals surface area contributed by atoms with E-state index in [9.17, 15) is 9.59 Å². The number of anilines is 1. The van der Waals surface area contributed by atoms with Crippen LogP contribution < -0.4 is 5.32 Å². The zero-order chi connectivity index (χ0) is 15.2. The zero-order valence-electron chi connectivity index (χ0n) is 11.5. The van der Waals surface area contributed by atoms with E-state index in [1.165, 1.54) is 30.3 Å². The first-order valence-electron chi connectivity index (χ1n) is 6.49. The minimum absolute atomic E-state index is 0.172. The van der Waals surface area contributed by atoms with Crippen LogP contribution in [0.15, 0.2) is 46.9 Å². The predicted octanol–water partition coefficient (Wildman–Crippen LogP) is 3.19. The van der Waals surface area contributed by atoms with E-state index < -0.39 is 5.97 Å². The lowest BCUT2D eigenvalue weighted by molar-refractivity contribution is -0.111. The molecule has 0 radical (unpaired) electrons. The smallest absolute Gasteiger partial charge is 0.335 e. The summed E-state index contributed by atoms with van der Waals surface area (Å²) in [5.41, 5.74) is 0.703. The first kappa shape index (κ1) is 14.6. The molecule has 0 saturated carbocycles. The van der Waals surface area contributed by atoms with Crippen molar-refractivity contribution in [3.05, 3.63) is 59.6 Å². The van der Waals surface area contributed by atoms with Gasteiger partial charge in [-0.2, -0.15) is 0 Å². The molecular weight excluding hydrogens is 270 g/mol. The van der Waals surface area contributed by atoms with Gasteiger partial charge in [0.05, 0.1) is 5.56 Å². The van der Waals surface area contributed by atoms with Crippen LogP contribution in [0, 0.1) is 0 Å². The predicted molar refractivity (Wildman–Crippen MR) is 79.2 cm³/mol. The number of hydrogen-bond donors (Lipinski definition) is 2. The molecule has 1 aromatic heterocycles. The van der Waals surface area contributed by atoms with Gasteiger partial charge in [0.2, 0.25) is 5.91 Å². The van der Waals surface area contributed by atoms with Crippen LogP contribution in [0.1, 0.15) is 28.8 Å². The summed E-state index contributed by atoms with van der Waals surface area (Å²) < 4.78 is 5.44. The molecule has 0 saturated heterocycles. The first-order valence-corrected chi connectivity index (χ1v) is 6.49. The average molecular weight is 285 g/mol. The van der Waals surface area contributed by atoms with Crippen LogP contribution >= 0.6 is 0 Å². The number of carboxylic acids is 1. The van der Waals surface area contributed by atoms with Gasteiger partial charge in [-0.1, -0.05) is 6.92 Å². The lowest BCUT2D eigenvalue weighted by Crippen LogP contribution is -2.07. The molecule has 108 valence electrons. The number of carboxylic acid groups (broad SMARTS) is 1. The van der Waals surface area contributed by atoms with Gasteiger partial charge < -0.3 is 14.8 Å². The standard InChI is InChI=1S/C16H15NO4/c1-2-13-7-8-14(21-13)9-10-15(18)17-12-5-3-11(4-6-12)16(19)20/h3-10H,2H2,1H3,(H,17,18)(H,19,20)/b10-9+. The summed E-state index contributed by atoms with van der Waals surface area (Å²) in [4.78, 5) is 22.4. The fraction of sp³-hybridized carbons (Fsp3) is 0.125. The Labute approximate surface area is 121 Å². The summed E-state index contributed by atoms with van der Waals surface area (Å²) >= 11 is 0. The van der Waals surface area contributed by atoms with Crippen molar-refractivity contribution < 1.29 is 19.1 Å². The summed E-state index contributed by atoms with van der Waals surface area (Å²) in [5.74, 6) is 0.160. The maximum Gasteiger partial charge on any atom is 0.335 e. The van der Waals surface area contributed by atoms with Gasteiger partial charge in [0.25, 0.3) is 0 Å². The van der Waals surface area contributed by atoms with E-state index in [1.54, 1.807) is 12.1 Å². The second-order valence-electron chi connectivity index (χ2n) is 4.36. The topological polar surface area (TPSA) is 79.5 Å². The molecule has 1 heterocycles. The van der Waals surface area contributed by atoms with Gasteiger partial charge >= 0.3 is 5.97 Å². The van der Waals surface area contributed by atoms with Gasteiger partial charge in [-0.05, 0) is 42.5 Å². The highest BCUT2D eigenvalue weighted by Crippen LogP contribution is 2.12. The Morgan fingerprint density at radius 3 is 2.48 bits per heavy atom. The van der Waals surface area contributed by atoms with Crippen LogP contribution in [0.4, 0.5) is 5.69 Å². The first-order chi connectivity index (χ1) is 10.1. The van der Waals surface area contributed by atoms with Crippen molar-refractivity contribution >= 4 is 23.6 Å². The highest BCUT2D eigenvalue weighted by Gasteiger charge is 2.03. The van der Waals surface area contributed by atoms with Crippen molar-refractivity contribution in [3.63, 3.8) is 0 Å². The van der Waals surface area contributed by atoms with Crippen LogP contribution in [0.2, 0.25) is 0 Å². The molecule has 5 nitrogen and oxygen atoms in total. The summed E-state index contributed by atoms with van der Waals surface area (Å²) in [5, 5.41) is 11.4. The molecule has 0 aliphatic carbocycles. The summed E-state index contributed by atoms with van der Waals surface area (Å²) in [6, 6.07) is 9.60. The maximum atomic E-state index is 11.7. The Bertz CT molecular complexity index is 668. The highest BCUT2D eigenvalue weighted by atomic mass is 16.4. The van der Waals surface area contributed by atoms with Crippen molar-refractivity contribution in [2.75, 3.05) is 5.32 Å². The Balaban J connectivity index is 1.96. The number of amides is 1. The molecule has 0 unspecified atom stereocenters. The number of rotatable bonds is 5. The van der Waals surface area contributed by atoms with Crippen LogP contribution in [0.25, 0.3) is 6.08 Å². The van der Waals surface area contributed by atoms with Crippen molar-refractivity contribution in [1.29, 1.82) is 0 Å². The van der Waals surface area contributed by atoms with E-state index >= 15 is 0 Å². The van der Waals surface area contributed by atoms with Gasteiger partial charge in [-0.25, -0.2) is 4.79 Å². The number of carbonyl (C=O) groups excluding carboxylic acids is 1. The molecule has 2 aromatic rings. The fourth-order valence-electron chi connectivity index (χ4n) is 1.71. The molecule has 2 N–H and O–H groups in total. The second kappa shape index (κ2) is 6.56. The number of nitrogens with one attached hydrogen (secondary N) is 1. The maximum absolute atomic E-state index is 11.7. The third-order valence-electron chi connectivity index (χ3n) is 2.83. The van der Waals surface area contributed by atoms with Crippen molar-refractivity contribution in [2.24, 2.45) is 0 Å². The summed E-state index contributed by atoms with van der Waals surface area (Å²) in [6.07, 6.45) is 3.75. The Kier molecular flexibility index (Phi) is 4.56. The third-order valence-corrected chi connectivity index (χ3v) is 2.83. The van der Waals surface area contributed by atoms with Gasteiger partial charge in [0, 0.05) is 18.2 Å². The van der Waals surface area contributed by atoms with E-state index in [0.29, 0.717) is 11.4 Å². The number of aromatic carboxylic acids is 1. The fourth-order valence-corrected chi connectivity index (χ4v) is 1.71. The van der Waals surface area contributed by atoms with E-state index in [4.69, 9.17) is 9.52 Å². The highest BCUT2D eigenvalue weighted by molar-refractivity contribution is 6.02. The van der Waals surface area contributed by atoms with Crippen molar-refractivity contribution in [1.82, 2.24) is 0 Å². The molecule has 0 fully saturated rings. The molecule has 21 heavy (non-hydrogen) atoms. The molecular formula is C16H15NO4. The number of furan rings is 1. The number of hydrogen-bond acceptors (Lipinski definition) is 3. The molecule has 0 atom stereocenters. The molecule has 0 spiro atoms. The van der Waals surface area contributed by atoms with Crippen molar-refractivity contribution in [2.45, 2.75) is 13.3 Å². The minimum Gasteiger partial charge on any atom is -0.478 e. The molecule has 0 bridgehead atoms. The van der Waals surface area contributed by atoms with E-state index in [-0.39, 0.29) is 11.5 Å². The molecule has 5 heteroatoms. The third kappa shape index (κ3) is 4.07. The van der Waals surface area contributed by atoms with E-state index in [2.05, 4.69) is 5.32 Å². The quantitative estimate of drug-likeness (QED) is 0.827. The normalized spacial score (nSPS) is 10.7. The van der Waals surface area contributed by atoms with Gasteiger partial charge in [-0.15, -0.1) is 0 Å². The molecule has 2 rings (SSSR count). The molecule has 0 aliphatic rings. The van der Waals surface area contributed by atoms with Gasteiger partial charge in [-0.3, -0.25) is 4.79 Å². The number of benzene rings is 1. The number of aryl methyl sites for hydroxylation is 1. The average Bonchev–Trinajstić information content (AvgIpc) is 2.94. The van der Waals surface area contributed by atoms with Crippen LogP contribution in [0.5, 0.6) is 0 Å². The molecule has 0 aliphatic heterocycles. The SMILES string of the molecule is CCc1ccc(/C=C/C(=O)Nc2ccc(C(=O)O)cc2)o1. The van der Waals surface area contributed by atoms with Gasteiger partial charge in [0.15, 0.2) is 0 Å². The zero-order valence-corrected chi connectivity index (χ0v) is 11.5. The Morgan fingerprint density at radius 2 is 1.90 bits per heavy atom. The monoisotopic (exact) mass is 285 g/mol. The second-order valence-corrected chi connectivity index (χ2v) is 4.36. The minimum atomic E-state index is -1.00. The lowest BCUT2D eigenvalue weighted by atomic mass is 10.2. The Morgan fingerprint density at radius 1 is 1.19 bits per heavy atom. The lowest BCUT2D eigenvalue weighted by Gasteiger charge is -2.02. The van der Waals surface area contributed by atoms with Crippen LogP contribution in [-0.4, -0.2) is 17.0 Å². The van der Waals surface area contributed by atoms with Crippen molar-refractivity contribution in [3.8, 4) is 0 Å². The summed E-state index contributed by atoms with van der Waals surface area (Å²) in [6.45, 7) is 1.99. The number of carbonyl (C=O) groups is 2.